The lowest BCUT2D eigenvalue weighted by molar-refractivity contribution is -0.924. The zero-order valence-electron chi connectivity index (χ0n) is 18.7. The number of carbonyl (C=O) groups excluding carboxylic acids is 1. The van der Waals surface area contributed by atoms with Gasteiger partial charge in [0, 0.05) is 30.7 Å². The Balaban J connectivity index is 1.43. The number of hydrogen-bond acceptors (Lipinski definition) is 5. The van der Waals surface area contributed by atoms with Gasteiger partial charge in [0.1, 0.15) is 11.6 Å². The van der Waals surface area contributed by atoms with Crippen LogP contribution in [-0.2, 0) is 28.0 Å². The summed E-state index contributed by atoms with van der Waals surface area (Å²) in [6.07, 6.45) is 3.60. The molecule has 2 aromatic rings. The molecule has 6 nitrogen and oxygen atoms in total. The molecule has 6 heteroatoms. The molecule has 0 radical (unpaired) electrons. The van der Waals surface area contributed by atoms with Crippen LogP contribution in [0.3, 0.4) is 0 Å². The second kappa shape index (κ2) is 6.59. The number of ether oxygens (including phenoxy) is 2. The number of ketones is 1. The molecule has 33 heavy (non-hydrogen) atoms. The molecule has 0 aromatic heterocycles. The van der Waals surface area contributed by atoms with Crippen LogP contribution in [0.5, 0.6) is 11.5 Å². The van der Waals surface area contributed by atoms with Crippen molar-refractivity contribution in [3.63, 3.8) is 0 Å². The minimum absolute atomic E-state index is 0.0595. The Bertz CT molecular complexity index is 1150. The monoisotopic (exact) mass is 447 g/mol. The summed E-state index contributed by atoms with van der Waals surface area (Å²) in [7, 11) is 0. The van der Waals surface area contributed by atoms with Gasteiger partial charge in [-0.15, -0.1) is 0 Å². The van der Waals surface area contributed by atoms with E-state index in [1.54, 1.807) is 6.07 Å². The predicted octanol–water partition coefficient (Wildman–Crippen LogP) is 3.76. The number of carbonyl (C=O) groups is 1. The first-order valence-electron chi connectivity index (χ1n) is 12.3. The number of phenolic OH excluding ortho intramolecular Hbond substituents is 1. The van der Waals surface area contributed by atoms with Crippen molar-refractivity contribution in [2.45, 2.75) is 68.3 Å². The van der Waals surface area contributed by atoms with Gasteiger partial charge in [-0.1, -0.05) is 36.4 Å². The third-order valence-electron chi connectivity index (χ3n) is 9.15. The van der Waals surface area contributed by atoms with Gasteiger partial charge < -0.3 is 24.4 Å². The van der Waals surface area contributed by atoms with E-state index in [1.165, 1.54) is 0 Å². The highest BCUT2D eigenvalue weighted by atomic mass is 16.6. The van der Waals surface area contributed by atoms with Crippen molar-refractivity contribution in [1.82, 2.24) is 0 Å². The lowest BCUT2D eigenvalue weighted by Gasteiger charge is -2.68. The molecule has 3 aliphatic carbocycles. The van der Waals surface area contributed by atoms with Gasteiger partial charge in [0.25, 0.3) is 0 Å². The van der Waals surface area contributed by atoms with Gasteiger partial charge in [-0.05, 0) is 36.5 Å². The summed E-state index contributed by atoms with van der Waals surface area (Å²) in [5, 5.41) is 25.2. The molecule has 1 saturated heterocycles. The van der Waals surface area contributed by atoms with E-state index < -0.39 is 17.1 Å². The molecular formula is C27H29NO5. The maximum atomic E-state index is 14.5. The number of quaternary nitrogens is 1. The number of likely N-dealkylation sites (tertiary alicyclic amines) is 1. The van der Waals surface area contributed by atoms with Crippen LogP contribution in [0.25, 0.3) is 0 Å². The smallest absolute Gasteiger partial charge is 0.174 e. The van der Waals surface area contributed by atoms with Crippen molar-refractivity contribution in [2.75, 3.05) is 13.1 Å². The number of aromatic hydroxyl groups is 1. The first kappa shape index (κ1) is 20.0. The van der Waals surface area contributed by atoms with E-state index in [4.69, 9.17) is 9.47 Å². The first-order chi connectivity index (χ1) is 16.0. The van der Waals surface area contributed by atoms with Gasteiger partial charge in [-0.2, -0.15) is 0 Å². The highest BCUT2D eigenvalue weighted by molar-refractivity contribution is 5.90. The topological polar surface area (TPSA) is 78.8 Å². The number of hydrogen-bond donors (Lipinski definition) is 1. The van der Waals surface area contributed by atoms with Crippen molar-refractivity contribution in [1.29, 1.82) is 0 Å². The molecule has 7 rings (SSSR count). The molecule has 2 heterocycles. The molecule has 2 aliphatic heterocycles. The van der Waals surface area contributed by atoms with Crippen molar-refractivity contribution in [3.05, 3.63) is 64.4 Å². The number of nitrogens with zero attached hydrogens (tertiary/aromatic N) is 1. The van der Waals surface area contributed by atoms with Crippen molar-refractivity contribution in [2.24, 2.45) is 5.92 Å². The van der Waals surface area contributed by atoms with Crippen LogP contribution >= 0.6 is 0 Å². The van der Waals surface area contributed by atoms with Crippen molar-refractivity contribution in [3.8, 4) is 11.5 Å². The molecule has 3 fully saturated rings. The summed E-state index contributed by atoms with van der Waals surface area (Å²) in [6, 6.07) is 13.4. The van der Waals surface area contributed by atoms with Crippen LogP contribution in [0.1, 0.15) is 48.8 Å². The molecule has 1 spiro atoms. The molecule has 5 atom stereocenters. The van der Waals surface area contributed by atoms with Crippen molar-refractivity contribution >= 4 is 5.78 Å². The molecule has 1 N–H and O–H groups in total. The van der Waals surface area contributed by atoms with Gasteiger partial charge in [0.15, 0.2) is 23.4 Å². The van der Waals surface area contributed by atoms with Gasteiger partial charge in [-0.3, -0.25) is 4.79 Å². The number of Topliss-reactive ketones (excluding diaryl/α,β-unsaturated/α-hetero) is 1. The molecule has 2 saturated carbocycles. The molecule has 2 bridgehead atoms. The van der Waals surface area contributed by atoms with E-state index in [9.17, 15) is 15.1 Å². The van der Waals surface area contributed by atoms with Crippen molar-refractivity contribution < 1.29 is 24.0 Å². The van der Waals surface area contributed by atoms with Crippen LogP contribution in [0.2, 0.25) is 0 Å². The lowest BCUT2D eigenvalue weighted by atomic mass is 9.48. The molecular weight excluding hydrogens is 418 g/mol. The second-order valence-electron chi connectivity index (χ2n) is 10.8. The number of benzene rings is 2. The lowest BCUT2D eigenvalue weighted by Crippen LogP contribution is -2.81. The van der Waals surface area contributed by atoms with Gasteiger partial charge in [0.2, 0.25) is 0 Å². The zero-order chi connectivity index (χ0) is 22.4. The highest BCUT2D eigenvalue weighted by Crippen LogP contribution is 2.67. The molecule has 2 aromatic carbocycles. The maximum Gasteiger partial charge on any atom is 0.174 e. The number of phenols is 1. The fourth-order valence-electron chi connectivity index (χ4n) is 7.59. The summed E-state index contributed by atoms with van der Waals surface area (Å²) < 4.78 is 13.0. The van der Waals surface area contributed by atoms with E-state index in [-0.39, 0.29) is 22.2 Å². The summed E-state index contributed by atoms with van der Waals surface area (Å²) in [6.45, 7) is 1.50. The molecule has 2 unspecified atom stereocenters. The zero-order valence-corrected chi connectivity index (χ0v) is 18.7. The Morgan fingerprint density at radius 3 is 2.76 bits per heavy atom. The Hall–Kier alpha value is -2.41. The second-order valence-corrected chi connectivity index (χ2v) is 10.8. The van der Waals surface area contributed by atoms with Crippen LogP contribution in [0.15, 0.2) is 42.5 Å². The van der Waals surface area contributed by atoms with E-state index >= 15 is 0 Å². The largest absolute Gasteiger partial charge is 0.632 e. The minimum atomic E-state index is -0.789. The third-order valence-corrected chi connectivity index (χ3v) is 9.15. The Morgan fingerprint density at radius 2 is 1.97 bits per heavy atom. The Kier molecular flexibility index (Phi) is 3.99. The highest BCUT2D eigenvalue weighted by Gasteiger charge is 2.77. The summed E-state index contributed by atoms with van der Waals surface area (Å²) in [5.74, 6) is 1.07. The van der Waals surface area contributed by atoms with Crippen LogP contribution < -0.4 is 4.74 Å². The van der Waals surface area contributed by atoms with Gasteiger partial charge in [0.05, 0.1) is 25.1 Å². The van der Waals surface area contributed by atoms with E-state index in [1.807, 2.05) is 36.4 Å². The number of rotatable bonds is 5. The number of hydroxylamine groups is 3. The summed E-state index contributed by atoms with van der Waals surface area (Å²) in [5.41, 5.74) is 1.53. The first-order valence-corrected chi connectivity index (χ1v) is 12.3. The van der Waals surface area contributed by atoms with Gasteiger partial charge >= 0.3 is 0 Å². The normalized spacial score (nSPS) is 38.0. The van der Waals surface area contributed by atoms with Crippen LogP contribution in [-0.4, -0.2) is 46.4 Å². The quantitative estimate of drug-likeness (QED) is 0.558. The van der Waals surface area contributed by atoms with E-state index in [0.717, 1.165) is 29.5 Å². The minimum Gasteiger partial charge on any atom is -0.632 e. The number of piperidine rings is 1. The fourth-order valence-corrected chi connectivity index (χ4v) is 7.59. The van der Waals surface area contributed by atoms with E-state index in [2.05, 4.69) is 0 Å². The summed E-state index contributed by atoms with van der Waals surface area (Å²) in [4.78, 5) is 13.3. The predicted molar refractivity (Wildman–Crippen MR) is 121 cm³/mol. The Morgan fingerprint density at radius 1 is 1.15 bits per heavy atom. The third kappa shape index (κ3) is 2.52. The van der Waals surface area contributed by atoms with Crippen LogP contribution in [0.4, 0.5) is 0 Å². The average Bonchev–Trinajstić information content (AvgIpc) is 3.55. The Labute approximate surface area is 193 Å². The molecule has 172 valence electrons. The SMILES string of the molecule is O=C1CC[C@@]2(OCc3ccccc3)[C@H]3Cc4ccc(O)c5c4[C@@]2(CC[N+]3([O-])CC2CC2)C1O5. The van der Waals surface area contributed by atoms with E-state index in [0.29, 0.717) is 57.0 Å². The fraction of sp³-hybridized carbons (Fsp3) is 0.519. The average molecular weight is 448 g/mol. The standard InChI is InChI=1S/C27H29NO5/c29-20-9-8-19-14-22-27(32-16-18-4-2-1-3-5-18)11-10-21(30)25-26(27,23(19)24(20)33-25)12-13-28(22,31)15-17-6-7-17/h1-5,8-9,17,22,25,29H,6-7,10-16H2/t22-,25?,26+,27-,28?/m1/s1. The maximum absolute atomic E-state index is 14.5. The van der Waals surface area contributed by atoms with Gasteiger partial charge in [-0.25, -0.2) is 0 Å². The molecule has 5 aliphatic rings. The molecule has 0 amide bonds. The summed E-state index contributed by atoms with van der Waals surface area (Å²) >= 11 is 0. The van der Waals surface area contributed by atoms with Crippen LogP contribution in [0, 0.1) is 11.1 Å².